The molecule has 0 aliphatic heterocycles. The van der Waals surface area contributed by atoms with Gasteiger partial charge >= 0.3 is 5.97 Å². The van der Waals surface area contributed by atoms with Crippen molar-refractivity contribution in [3.8, 4) is 0 Å². The molecule has 0 radical (unpaired) electrons. The Morgan fingerprint density at radius 2 is 2.16 bits per heavy atom. The fraction of sp³-hybridized carbons (Fsp3) is 0.533. The van der Waals surface area contributed by atoms with Crippen LogP contribution in [-0.4, -0.2) is 19.1 Å². The zero-order valence-electron chi connectivity index (χ0n) is 11.5. The van der Waals surface area contributed by atoms with Crippen molar-refractivity contribution in [3.63, 3.8) is 0 Å². The van der Waals surface area contributed by atoms with Crippen LogP contribution in [0.5, 0.6) is 0 Å². The van der Waals surface area contributed by atoms with Gasteiger partial charge in [0.2, 0.25) is 0 Å². The monoisotopic (exact) mass is 327 g/mol. The largest absolute Gasteiger partial charge is 0.466 e. The maximum atomic E-state index is 11.1. The summed E-state index contributed by atoms with van der Waals surface area (Å²) in [6.07, 6.45) is 3.61. The molecule has 0 spiro atoms. The molecule has 1 rings (SSSR count). The fourth-order valence-corrected chi connectivity index (χ4v) is 2.26. The van der Waals surface area contributed by atoms with Crippen LogP contribution in [0.25, 0.3) is 0 Å². The smallest absolute Gasteiger partial charge is 0.305 e. The second kappa shape index (κ2) is 9.98. The van der Waals surface area contributed by atoms with Gasteiger partial charge in [-0.2, -0.15) is 0 Å². The Hall–Kier alpha value is -0.870. The van der Waals surface area contributed by atoms with E-state index in [1.54, 1.807) is 0 Å². The van der Waals surface area contributed by atoms with E-state index in [2.05, 4.69) is 33.4 Å². The molecule has 19 heavy (non-hydrogen) atoms. The number of ether oxygens (including phenoxy) is 1. The normalized spacial score (nSPS) is 10.4. The standard InChI is InChI=1S/C15H22BrNO2/c1-2-19-15(18)9-4-3-5-10-17-12-13-7-6-8-14(16)11-13/h6-8,11,17H,2-5,9-10,12H2,1H3. The molecule has 1 N–H and O–H groups in total. The third-order valence-corrected chi connectivity index (χ3v) is 3.25. The van der Waals surface area contributed by atoms with Gasteiger partial charge in [0.25, 0.3) is 0 Å². The van der Waals surface area contributed by atoms with E-state index in [1.165, 1.54) is 5.56 Å². The lowest BCUT2D eigenvalue weighted by molar-refractivity contribution is -0.143. The van der Waals surface area contributed by atoms with E-state index in [0.29, 0.717) is 13.0 Å². The van der Waals surface area contributed by atoms with Crippen LogP contribution in [0.4, 0.5) is 0 Å². The minimum absolute atomic E-state index is 0.0791. The maximum absolute atomic E-state index is 11.1. The quantitative estimate of drug-likeness (QED) is 0.555. The zero-order chi connectivity index (χ0) is 13.9. The summed E-state index contributed by atoms with van der Waals surface area (Å²) in [5.74, 6) is -0.0791. The van der Waals surface area contributed by atoms with Gasteiger partial charge in [0.15, 0.2) is 0 Å². The molecule has 1 aromatic carbocycles. The molecule has 4 heteroatoms. The lowest BCUT2D eigenvalue weighted by Crippen LogP contribution is -2.14. The minimum atomic E-state index is -0.0791. The number of carbonyl (C=O) groups is 1. The molecule has 0 saturated carbocycles. The highest BCUT2D eigenvalue weighted by atomic mass is 79.9. The number of halogens is 1. The van der Waals surface area contributed by atoms with Crippen molar-refractivity contribution in [3.05, 3.63) is 34.3 Å². The van der Waals surface area contributed by atoms with Crippen molar-refractivity contribution in [2.75, 3.05) is 13.2 Å². The second-order valence-corrected chi connectivity index (χ2v) is 5.34. The Balaban J connectivity index is 1.98. The number of hydrogen-bond acceptors (Lipinski definition) is 3. The Kier molecular flexibility index (Phi) is 8.50. The first kappa shape index (κ1) is 16.2. The number of unbranched alkanes of at least 4 members (excludes halogenated alkanes) is 2. The van der Waals surface area contributed by atoms with Gasteiger partial charge in [-0.3, -0.25) is 4.79 Å². The van der Waals surface area contributed by atoms with E-state index in [0.717, 1.165) is 36.8 Å². The lowest BCUT2D eigenvalue weighted by atomic mass is 10.2. The van der Waals surface area contributed by atoms with E-state index in [9.17, 15) is 4.79 Å². The van der Waals surface area contributed by atoms with Crippen LogP contribution < -0.4 is 5.32 Å². The number of rotatable bonds is 9. The summed E-state index contributed by atoms with van der Waals surface area (Å²) in [6.45, 7) is 4.18. The van der Waals surface area contributed by atoms with E-state index in [-0.39, 0.29) is 5.97 Å². The van der Waals surface area contributed by atoms with E-state index < -0.39 is 0 Å². The molecule has 0 aromatic heterocycles. The predicted octanol–water partition coefficient (Wildman–Crippen LogP) is 3.66. The molecule has 0 fully saturated rings. The second-order valence-electron chi connectivity index (χ2n) is 4.42. The predicted molar refractivity (Wildman–Crippen MR) is 80.9 cm³/mol. The first-order chi connectivity index (χ1) is 9.22. The van der Waals surface area contributed by atoms with Gasteiger partial charge < -0.3 is 10.1 Å². The van der Waals surface area contributed by atoms with Gasteiger partial charge in [-0.25, -0.2) is 0 Å². The molecule has 3 nitrogen and oxygen atoms in total. The van der Waals surface area contributed by atoms with Crippen molar-refractivity contribution in [1.29, 1.82) is 0 Å². The lowest BCUT2D eigenvalue weighted by Gasteiger charge is -2.05. The molecule has 1 aromatic rings. The van der Waals surface area contributed by atoms with Gasteiger partial charge in [0.1, 0.15) is 0 Å². The van der Waals surface area contributed by atoms with Gasteiger partial charge in [-0.1, -0.05) is 34.5 Å². The Bertz CT molecular complexity index is 382. The topological polar surface area (TPSA) is 38.3 Å². The minimum Gasteiger partial charge on any atom is -0.466 e. The summed E-state index contributed by atoms with van der Waals surface area (Å²) >= 11 is 3.46. The fourth-order valence-electron chi connectivity index (χ4n) is 1.81. The van der Waals surface area contributed by atoms with Crippen LogP contribution in [0.15, 0.2) is 28.7 Å². The molecule has 106 valence electrons. The summed E-state index contributed by atoms with van der Waals surface area (Å²) in [5.41, 5.74) is 1.28. The van der Waals surface area contributed by atoms with Crippen molar-refractivity contribution in [2.45, 2.75) is 39.2 Å². The highest BCUT2D eigenvalue weighted by molar-refractivity contribution is 9.10. The third kappa shape index (κ3) is 8.01. The molecular weight excluding hydrogens is 306 g/mol. The van der Waals surface area contributed by atoms with E-state index in [1.807, 2.05) is 19.1 Å². The maximum Gasteiger partial charge on any atom is 0.305 e. The Morgan fingerprint density at radius 1 is 1.32 bits per heavy atom. The number of nitrogens with one attached hydrogen (secondary N) is 1. The molecule has 0 bridgehead atoms. The third-order valence-electron chi connectivity index (χ3n) is 2.76. The van der Waals surface area contributed by atoms with E-state index >= 15 is 0 Å². The van der Waals surface area contributed by atoms with Crippen molar-refractivity contribution in [2.24, 2.45) is 0 Å². The molecule has 0 atom stereocenters. The summed E-state index contributed by atoms with van der Waals surface area (Å²) in [7, 11) is 0. The van der Waals surface area contributed by atoms with Crippen LogP contribution in [-0.2, 0) is 16.1 Å². The zero-order valence-corrected chi connectivity index (χ0v) is 13.0. The van der Waals surface area contributed by atoms with Crippen molar-refractivity contribution < 1.29 is 9.53 Å². The van der Waals surface area contributed by atoms with Gasteiger partial charge in [0, 0.05) is 17.4 Å². The summed E-state index contributed by atoms with van der Waals surface area (Å²) in [6, 6.07) is 8.30. The van der Waals surface area contributed by atoms with Crippen molar-refractivity contribution >= 4 is 21.9 Å². The van der Waals surface area contributed by atoms with Gasteiger partial charge in [-0.05, 0) is 44.0 Å². The SMILES string of the molecule is CCOC(=O)CCCCCNCc1cccc(Br)c1. The Morgan fingerprint density at radius 3 is 2.89 bits per heavy atom. The molecular formula is C15H22BrNO2. The van der Waals surface area contributed by atoms with E-state index in [4.69, 9.17) is 4.74 Å². The van der Waals surface area contributed by atoms with Gasteiger partial charge in [0.05, 0.1) is 6.61 Å². The first-order valence-electron chi connectivity index (χ1n) is 6.83. The van der Waals surface area contributed by atoms with Crippen LogP contribution in [0, 0.1) is 0 Å². The van der Waals surface area contributed by atoms with Crippen LogP contribution in [0.2, 0.25) is 0 Å². The average Bonchev–Trinajstić information content (AvgIpc) is 2.38. The molecule has 0 aliphatic rings. The first-order valence-corrected chi connectivity index (χ1v) is 7.62. The number of carbonyl (C=O) groups excluding carboxylic acids is 1. The highest BCUT2D eigenvalue weighted by Crippen LogP contribution is 2.11. The van der Waals surface area contributed by atoms with Crippen molar-refractivity contribution in [1.82, 2.24) is 5.32 Å². The summed E-state index contributed by atoms with van der Waals surface area (Å²) in [4.78, 5) is 11.1. The van der Waals surface area contributed by atoms with Crippen LogP contribution >= 0.6 is 15.9 Å². The highest BCUT2D eigenvalue weighted by Gasteiger charge is 2.00. The number of esters is 1. The van der Waals surface area contributed by atoms with Crippen LogP contribution in [0.1, 0.15) is 38.2 Å². The Labute approximate surface area is 123 Å². The molecule has 0 heterocycles. The van der Waals surface area contributed by atoms with Crippen LogP contribution in [0.3, 0.4) is 0 Å². The summed E-state index contributed by atoms with van der Waals surface area (Å²) in [5, 5.41) is 3.41. The molecule has 0 unspecified atom stereocenters. The molecule has 0 saturated heterocycles. The number of hydrogen-bond donors (Lipinski definition) is 1. The molecule has 0 aliphatic carbocycles. The van der Waals surface area contributed by atoms with Gasteiger partial charge in [-0.15, -0.1) is 0 Å². The number of benzene rings is 1. The molecule has 0 amide bonds. The average molecular weight is 328 g/mol. The summed E-state index contributed by atoms with van der Waals surface area (Å²) < 4.78 is 5.99.